The Hall–Kier alpha value is -1.59. The molecule has 1 rings (SSSR count). The summed E-state index contributed by atoms with van der Waals surface area (Å²) in [4.78, 5) is 11.2. The van der Waals surface area contributed by atoms with Gasteiger partial charge in [0.25, 0.3) is 0 Å². The van der Waals surface area contributed by atoms with Gasteiger partial charge in [-0.3, -0.25) is 5.43 Å². The van der Waals surface area contributed by atoms with Crippen molar-refractivity contribution in [1.82, 2.24) is 5.43 Å². The van der Waals surface area contributed by atoms with Gasteiger partial charge < -0.3 is 0 Å². The van der Waals surface area contributed by atoms with Crippen molar-refractivity contribution >= 4 is 11.7 Å². The van der Waals surface area contributed by atoms with Crippen LogP contribution in [0.3, 0.4) is 0 Å². The van der Waals surface area contributed by atoms with Crippen LogP contribution in [0.4, 0.5) is 10.5 Å². The first-order valence-corrected chi connectivity index (χ1v) is 4.71. The van der Waals surface area contributed by atoms with Gasteiger partial charge in [0.05, 0.1) is 5.69 Å². The lowest BCUT2D eigenvalue weighted by atomic mass is 10.0. The minimum absolute atomic E-state index is 0.388. The second-order valence-electron chi connectivity index (χ2n) is 3.57. The van der Waals surface area contributed by atoms with Gasteiger partial charge in [-0.2, -0.15) is 0 Å². The van der Waals surface area contributed by atoms with Gasteiger partial charge in [-0.15, -0.1) is 0 Å². The summed E-state index contributed by atoms with van der Waals surface area (Å²) in [5, 5.41) is 0.978. The molecule has 82 valence electrons. The topological polar surface area (TPSA) is 84.4 Å². The third-order valence-corrected chi connectivity index (χ3v) is 2.16. The summed E-state index contributed by atoms with van der Waals surface area (Å²) in [7, 11) is 0. The smallest absolute Gasteiger partial charge is 0.274 e. The highest BCUT2D eigenvalue weighted by atomic mass is 16.2. The van der Waals surface area contributed by atoms with Crippen molar-refractivity contribution < 1.29 is 4.79 Å². The molecule has 0 aliphatic rings. The normalized spacial score (nSPS) is 10.2. The maximum atomic E-state index is 11.2. The number of hydrazine groups is 2. The number of nitrogens with one attached hydrogen (secondary N) is 1. The van der Waals surface area contributed by atoms with E-state index >= 15 is 0 Å². The molecule has 0 saturated carbocycles. The van der Waals surface area contributed by atoms with Gasteiger partial charge >= 0.3 is 6.03 Å². The zero-order valence-electron chi connectivity index (χ0n) is 8.90. The van der Waals surface area contributed by atoms with Gasteiger partial charge in [0.2, 0.25) is 0 Å². The van der Waals surface area contributed by atoms with Crippen LogP contribution in [-0.2, 0) is 0 Å². The van der Waals surface area contributed by atoms with Gasteiger partial charge in [0, 0.05) is 0 Å². The van der Waals surface area contributed by atoms with Crippen molar-refractivity contribution in [3.05, 3.63) is 29.8 Å². The first-order chi connectivity index (χ1) is 7.06. The van der Waals surface area contributed by atoms with Crippen LogP contribution in [-0.4, -0.2) is 6.03 Å². The molecule has 0 atom stereocenters. The first kappa shape index (κ1) is 11.5. The highest BCUT2D eigenvalue weighted by molar-refractivity contribution is 5.90. The molecule has 5 nitrogen and oxygen atoms in total. The number of carbonyl (C=O) groups excluding carboxylic acids is 1. The number of hydrogen-bond acceptors (Lipinski definition) is 3. The first-order valence-electron chi connectivity index (χ1n) is 4.71. The van der Waals surface area contributed by atoms with E-state index in [1.165, 1.54) is 0 Å². The van der Waals surface area contributed by atoms with E-state index in [2.05, 4.69) is 13.8 Å². The van der Waals surface area contributed by atoms with E-state index in [0.717, 1.165) is 10.6 Å². The Labute approximate surface area is 89.0 Å². The maximum Gasteiger partial charge on any atom is 0.350 e. The molecule has 0 aliphatic heterocycles. The molecule has 0 radical (unpaired) electrons. The van der Waals surface area contributed by atoms with E-state index in [0.29, 0.717) is 11.6 Å². The number of benzene rings is 1. The van der Waals surface area contributed by atoms with Crippen LogP contribution in [0.1, 0.15) is 25.3 Å². The second kappa shape index (κ2) is 4.77. The van der Waals surface area contributed by atoms with Gasteiger partial charge in [-0.05, 0) is 23.6 Å². The van der Waals surface area contributed by atoms with Crippen molar-refractivity contribution in [3.8, 4) is 0 Å². The molecule has 0 aromatic heterocycles. The summed E-state index contributed by atoms with van der Waals surface area (Å²) in [6.45, 7) is 4.14. The summed E-state index contributed by atoms with van der Waals surface area (Å²) >= 11 is 0. The van der Waals surface area contributed by atoms with Crippen LogP contribution < -0.4 is 22.1 Å². The Morgan fingerprint density at radius 2 is 2.13 bits per heavy atom. The van der Waals surface area contributed by atoms with Crippen molar-refractivity contribution in [2.24, 2.45) is 11.7 Å². The van der Waals surface area contributed by atoms with Crippen LogP contribution in [0.2, 0.25) is 0 Å². The molecular formula is C10H16N4O. The lowest BCUT2D eigenvalue weighted by molar-refractivity contribution is 0.246. The molecule has 0 aliphatic carbocycles. The Morgan fingerprint density at radius 1 is 1.47 bits per heavy atom. The minimum Gasteiger partial charge on any atom is -0.274 e. The summed E-state index contributed by atoms with van der Waals surface area (Å²) < 4.78 is 0. The highest BCUT2D eigenvalue weighted by Crippen LogP contribution is 2.19. The fraction of sp³-hybridized carbons (Fsp3) is 0.300. The Bertz CT molecular complexity index is 351. The van der Waals surface area contributed by atoms with Gasteiger partial charge in [0.1, 0.15) is 0 Å². The predicted octanol–water partition coefficient (Wildman–Crippen LogP) is 1.07. The van der Waals surface area contributed by atoms with Gasteiger partial charge in [-0.25, -0.2) is 21.5 Å². The van der Waals surface area contributed by atoms with Crippen molar-refractivity contribution in [2.45, 2.75) is 19.8 Å². The van der Waals surface area contributed by atoms with E-state index in [-0.39, 0.29) is 0 Å². The lowest BCUT2D eigenvalue weighted by Crippen LogP contribution is -2.47. The highest BCUT2D eigenvalue weighted by Gasteiger charge is 2.10. The zero-order valence-corrected chi connectivity index (χ0v) is 8.90. The monoisotopic (exact) mass is 208 g/mol. The average molecular weight is 208 g/mol. The van der Waals surface area contributed by atoms with E-state index < -0.39 is 6.03 Å². The molecule has 0 spiro atoms. The van der Waals surface area contributed by atoms with Crippen LogP contribution >= 0.6 is 0 Å². The molecule has 0 unspecified atom stereocenters. The van der Waals surface area contributed by atoms with Crippen LogP contribution in [0, 0.1) is 0 Å². The average Bonchev–Trinajstić information content (AvgIpc) is 2.27. The Balaban J connectivity index is 2.95. The van der Waals surface area contributed by atoms with Crippen molar-refractivity contribution in [3.63, 3.8) is 0 Å². The number of nitrogens with two attached hydrogens (primary N) is 2. The summed E-state index contributed by atoms with van der Waals surface area (Å²) in [5.74, 6) is 10.9. The zero-order chi connectivity index (χ0) is 11.4. The van der Waals surface area contributed by atoms with E-state index in [4.69, 9.17) is 11.7 Å². The standard InChI is InChI=1S/C10H16N4O/c1-7(2)8-4-3-5-9(6-8)14(12)10(15)13-11/h3-7H,11-12H2,1-2H3,(H,13,15). The number of nitrogens with zero attached hydrogens (tertiary/aromatic N) is 1. The molecule has 0 heterocycles. The Kier molecular flexibility index (Phi) is 3.65. The van der Waals surface area contributed by atoms with Crippen LogP contribution in [0.15, 0.2) is 24.3 Å². The third kappa shape index (κ3) is 2.68. The second-order valence-corrected chi connectivity index (χ2v) is 3.57. The number of carbonyl (C=O) groups is 1. The number of anilines is 1. The SMILES string of the molecule is CC(C)c1cccc(N(N)C(=O)NN)c1. The van der Waals surface area contributed by atoms with Crippen LogP contribution in [0.25, 0.3) is 0 Å². The molecule has 5 N–H and O–H groups in total. The Morgan fingerprint density at radius 3 is 2.67 bits per heavy atom. The number of rotatable bonds is 2. The largest absolute Gasteiger partial charge is 0.350 e. The number of hydrogen-bond donors (Lipinski definition) is 3. The van der Waals surface area contributed by atoms with Crippen molar-refractivity contribution in [2.75, 3.05) is 5.01 Å². The molecule has 1 aromatic rings. The molecule has 1 aromatic carbocycles. The van der Waals surface area contributed by atoms with E-state index in [9.17, 15) is 4.79 Å². The van der Waals surface area contributed by atoms with Gasteiger partial charge in [-0.1, -0.05) is 26.0 Å². The predicted molar refractivity (Wildman–Crippen MR) is 59.9 cm³/mol. The molecule has 2 amide bonds. The maximum absolute atomic E-state index is 11.2. The third-order valence-electron chi connectivity index (χ3n) is 2.16. The molecule has 0 bridgehead atoms. The molecule has 0 saturated heterocycles. The molecule has 0 fully saturated rings. The van der Waals surface area contributed by atoms with E-state index in [1.54, 1.807) is 6.07 Å². The lowest BCUT2D eigenvalue weighted by Gasteiger charge is -2.17. The fourth-order valence-electron chi connectivity index (χ4n) is 1.22. The minimum atomic E-state index is -0.545. The van der Waals surface area contributed by atoms with Crippen molar-refractivity contribution in [1.29, 1.82) is 0 Å². The summed E-state index contributed by atoms with van der Waals surface area (Å²) in [6.07, 6.45) is 0. The number of amides is 2. The summed E-state index contributed by atoms with van der Waals surface area (Å²) in [5.41, 5.74) is 3.71. The molecule has 15 heavy (non-hydrogen) atoms. The molecule has 5 heteroatoms. The number of urea groups is 1. The fourth-order valence-corrected chi connectivity index (χ4v) is 1.22. The van der Waals surface area contributed by atoms with E-state index in [1.807, 2.05) is 23.6 Å². The molecular weight excluding hydrogens is 192 g/mol. The van der Waals surface area contributed by atoms with Crippen LogP contribution in [0.5, 0.6) is 0 Å². The summed E-state index contributed by atoms with van der Waals surface area (Å²) in [6, 6.07) is 6.91. The quantitative estimate of drug-likeness (QED) is 0.386. The van der Waals surface area contributed by atoms with Gasteiger partial charge in [0.15, 0.2) is 0 Å².